The van der Waals surface area contributed by atoms with Gasteiger partial charge in [-0.1, -0.05) is 47.5 Å². The van der Waals surface area contributed by atoms with E-state index < -0.39 is 0 Å². The zero-order chi connectivity index (χ0) is 29.9. The van der Waals surface area contributed by atoms with Gasteiger partial charge < -0.3 is 18.6 Å². The van der Waals surface area contributed by atoms with Crippen LogP contribution < -0.4 is 19.8 Å². The highest BCUT2D eigenvalue weighted by Crippen LogP contribution is 2.33. The summed E-state index contributed by atoms with van der Waals surface area (Å²) in [5, 5.41) is 6.81. The van der Waals surface area contributed by atoms with Crippen LogP contribution in [0.5, 0.6) is 17.2 Å². The fraction of sp³-hybridized carbons (Fsp3) is 0.121. The van der Waals surface area contributed by atoms with Crippen molar-refractivity contribution >= 4 is 51.3 Å². The Labute approximate surface area is 256 Å². The Bertz CT molecular complexity index is 2050. The van der Waals surface area contributed by atoms with E-state index in [1.165, 1.54) is 4.68 Å². The summed E-state index contributed by atoms with van der Waals surface area (Å²) in [6, 6.07) is 25.0. The average molecular weight is 614 g/mol. The van der Waals surface area contributed by atoms with Gasteiger partial charge >= 0.3 is 0 Å². The van der Waals surface area contributed by atoms with Crippen molar-refractivity contribution in [1.29, 1.82) is 0 Å². The summed E-state index contributed by atoms with van der Waals surface area (Å²) in [4.78, 5) is 18.4. The van der Waals surface area contributed by atoms with Gasteiger partial charge in [0.05, 0.1) is 36.2 Å². The first kappa shape index (κ1) is 28.3. The first-order chi connectivity index (χ1) is 20.9. The van der Waals surface area contributed by atoms with Gasteiger partial charge in [0.1, 0.15) is 17.9 Å². The van der Waals surface area contributed by atoms with Crippen LogP contribution in [0.2, 0.25) is 10.0 Å². The lowest BCUT2D eigenvalue weighted by Gasteiger charge is -2.13. The molecule has 0 unspecified atom stereocenters. The maximum atomic E-state index is 13.7. The zero-order valence-corrected chi connectivity index (χ0v) is 24.7. The number of benzene rings is 4. The number of hydrogen-bond acceptors (Lipinski definition) is 7. The fourth-order valence-corrected chi connectivity index (χ4v) is 5.09. The van der Waals surface area contributed by atoms with Crippen LogP contribution in [0, 0.1) is 0 Å². The third-order valence-corrected chi connectivity index (χ3v) is 7.29. The normalized spacial score (nSPS) is 11.4. The Morgan fingerprint density at radius 2 is 1.77 bits per heavy atom. The highest BCUT2D eigenvalue weighted by molar-refractivity contribution is 6.35. The molecule has 0 aliphatic heterocycles. The highest BCUT2D eigenvalue weighted by Gasteiger charge is 2.18. The molecule has 0 radical (unpaired) electrons. The number of fused-ring (bicyclic) bond motifs is 2. The second-order valence-electron chi connectivity index (χ2n) is 9.46. The van der Waals surface area contributed by atoms with E-state index in [1.54, 1.807) is 61.9 Å². The van der Waals surface area contributed by atoms with E-state index in [9.17, 15) is 4.79 Å². The largest absolute Gasteiger partial charge is 0.496 e. The van der Waals surface area contributed by atoms with Crippen molar-refractivity contribution in [2.24, 2.45) is 5.10 Å². The quantitative estimate of drug-likeness (QED) is 0.154. The van der Waals surface area contributed by atoms with Crippen molar-refractivity contribution in [3.8, 4) is 28.8 Å². The van der Waals surface area contributed by atoms with Crippen LogP contribution in [0.25, 0.3) is 33.5 Å². The topological polar surface area (TPSA) is 88.1 Å². The Morgan fingerprint density at radius 1 is 0.907 bits per heavy atom. The molecule has 6 rings (SSSR count). The van der Waals surface area contributed by atoms with E-state index in [0.29, 0.717) is 61.7 Å². The Hall–Kier alpha value is -4.79. The summed E-state index contributed by atoms with van der Waals surface area (Å²) in [5.41, 5.74) is 2.26. The number of nitrogens with zero attached hydrogens (tertiary/aromatic N) is 3. The van der Waals surface area contributed by atoms with Gasteiger partial charge in [-0.25, -0.2) is 4.98 Å². The standard InChI is InChI=1S/C33H25Cl2N3O5/c1-3-41-30-15-20(11-14-29(30)42-19-21-12-13-22(34)16-25(21)35)18-36-38-32(37-26-8-5-4-7-23(26)33(38)39)31-17-24-27(40-2)9-6-10-28(24)43-31/h4-18H,3,19H2,1-2H3. The number of halogens is 2. The molecule has 2 heterocycles. The summed E-state index contributed by atoms with van der Waals surface area (Å²) in [6.07, 6.45) is 1.56. The fourth-order valence-electron chi connectivity index (χ4n) is 4.62. The minimum Gasteiger partial charge on any atom is -0.496 e. The van der Waals surface area contributed by atoms with Crippen molar-refractivity contribution in [2.45, 2.75) is 13.5 Å². The van der Waals surface area contributed by atoms with Gasteiger partial charge in [-0.05, 0) is 73.2 Å². The molecule has 0 atom stereocenters. The molecule has 6 aromatic rings. The lowest BCUT2D eigenvalue weighted by Crippen LogP contribution is -2.20. The summed E-state index contributed by atoms with van der Waals surface area (Å²) in [7, 11) is 1.59. The third-order valence-electron chi connectivity index (χ3n) is 6.70. The number of rotatable bonds is 9. The molecule has 8 nitrogen and oxygen atoms in total. The number of hydrogen-bond donors (Lipinski definition) is 0. The van der Waals surface area contributed by atoms with Crippen LogP contribution in [-0.4, -0.2) is 29.6 Å². The minimum absolute atomic E-state index is 0.229. The number of aromatic nitrogens is 2. The molecule has 0 aliphatic carbocycles. The Balaban J connectivity index is 1.38. The van der Waals surface area contributed by atoms with Crippen LogP contribution in [0.3, 0.4) is 0 Å². The molecule has 43 heavy (non-hydrogen) atoms. The van der Waals surface area contributed by atoms with Gasteiger partial charge in [0.15, 0.2) is 17.3 Å². The Kier molecular flexibility index (Phi) is 8.05. The van der Waals surface area contributed by atoms with Crippen LogP contribution in [0.15, 0.2) is 99.2 Å². The third kappa shape index (κ3) is 5.80. The minimum atomic E-state index is -0.339. The molecular formula is C33H25Cl2N3O5. The molecular weight excluding hydrogens is 589 g/mol. The number of furan rings is 1. The van der Waals surface area contributed by atoms with E-state index in [1.807, 2.05) is 43.3 Å². The second kappa shape index (κ2) is 12.2. The molecule has 0 saturated heterocycles. The maximum Gasteiger partial charge on any atom is 0.282 e. The molecule has 0 spiro atoms. The lowest BCUT2D eigenvalue weighted by molar-refractivity contribution is 0.269. The first-order valence-electron chi connectivity index (χ1n) is 13.4. The molecule has 0 N–H and O–H groups in total. The van der Waals surface area contributed by atoms with Gasteiger partial charge in [0, 0.05) is 15.6 Å². The summed E-state index contributed by atoms with van der Waals surface area (Å²) >= 11 is 12.3. The smallest absolute Gasteiger partial charge is 0.282 e. The van der Waals surface area contributed by atoms with Crippen LogP contribution in [-0.2, 0) is 6.61 Å². The average Bonchev–Trinajstić information content (AvgIpc) is 3.45. The van der Waals surface area contributed by atoms with Crippen LogP contribution in [0.1, 0.15) is 18.1 Å². The molecule has 0 bridgehead atoms. The van der Waals surface area contributed by atoms with E-state index >= 15 is 0 Å². The lowest BCUT2D eigenvalue weighted by atomic mass is 10.2. The highest BCUT2D eigenvalue weighted by atomic mass is 35.5. The Morgan fingerprint density at radius 3 is 2.58 bits per heavy atom. The second-order valence-corrected chi connectivity index (χ2v) is 10.3. The van der Waals surface area contributed by atoms with Gasteiger partial charge in [-0.15, -0.1) is 0 Å². The predicted octanol–water partition coefficient (Wildman–Crippen LogP) is 7.99. The SMILES string of the molecule is CCOc1cc(C=Nn2c(-c3cc4c(OC)cccc4o3)nc3ccccc3c2=O)ccc1OCc1ccc(Cl)cc1Cl. The summed E-state index contributed by atoms with van der Waals surface area (Å²) in [6.45, 7) is 2.54. The molecule has 216 valence electrons. The first-order valence-corrected chi connectivity index (χ1v) is 14.2. The molecule has 0 saturated carbocycles. The molecule has 0 aliphatic rings. The van der Waals surface area contributed by atoms with Crippen LogP contribution in [0.4, 0.5) is 0 Å². The summed E-state index contributed by atoms with van der Waals surface area (Å²) < 4.78 is 24.7. The summed E-state index contributed by atoms with van der Waals surface area (Å²) in [5.74, 6) is 2.33. The maximum absolute atomic E-state index is 13.7. The van der Waals surface area contributed by atoms with Crippen molar-refractivity contribution in [3.63, 3.8) is 0 Å². The number of para-hydroxylation sites is 1. The van der Waals surface area contributed by atoms with E-state index in [-0.39, 0.29) is 18.0 Å². The van der Waals surface area contributed by atoms with Crippen molar-refractivity contribution in [3.05, 3.63) is 116 Å². The van der Waals surface area contributed by atoms with Gasteiger partial charge in [0.2, 0.25) is 5.82 Å². The zero-order valence-electron chi connectivity index (χ0n) is 23.2. The molecule has 0 fully saturated rings. The van der Waals surface area contributed by atoms with Gasteiger partial charge in [0.25, 0.3) is 5.56 Å². The molecule has 2 aromatic heterocycles. The number of methoxy groups -OCH3 is 1. The van der Waals surface area contributed by atoms with Gasteiger partial charge in [-0.2, -0.15) is 9.78 Å². The van der Waals surface area contributed by atoms with Crippen molar-refractivity contribution < 1.29 is 18.6 Å². The molecule has 0 amide bonds. The van der Waals surface area contributed by atoms with Crippen molar-refractivity contribution in [1.82, 2.24) is 9.66 Å². The van der Waals surface area contributed by atoms with Crippen LogP contribution >= 0.6 is 23.2 Å². The predicted molar refractivity (Wildman–Crippen MR) is 169 cm³/mol. The number of ether oxygens (including phenoxy) is 3. The van der Waals surface area contributed by atoms with Gasteiger partial charge in [-0.3, -0.25) is 4.79 Å². The molecule has 10 heteroatoms. The van der Waals surface area contributed by atoms with Crippen molar-refractivity contribution in [2.75, 3.05) is 13.7 Å². The molecule has 4 aromatic carbocycles. The van der Waals surface area contributed by atoms with E-state index in [4.69, 9.17) is 46.8 Å². The van der Waals surface area contributed by atoms with E-state index in [2.05, 4.69) is 5.10 Å². The monoisotopic (exact) mass is 613 g/mol. The van der Waals surface area contributed by atoms with E-state index in [0.717, 1.165) is 10.9 Å².